The fraction of sp³-hybridized carbons (Fsp3) is 0.750. The summed E-state index contributed by atoms with van der Waals surface area (Å²) in [5.41, 5.74) is 0. The van der Waals surface area contributed by atoms with E-state index in [9.17, 15) is 4.79 Å². The van der Waals surface area contributed by atoms with E-state index in [1.54, 1.807) is 0 Å². The summed E-state index contributed by atoms with van der Waals surface area (Å²) in [6, 6.07) is 0.167. The maximum atomic E-state index is 11.3. The monoisotopic (exact) mass is 208 g/mol. The molecule has 2 amide bonds. The third kappa shape index (κ3) is 2.16. The number of rotatable bonds is 3. The average molecular weight is 208 g/mol. The van der Waals surface area contributed by atoms with E-state index in [0.29, 0.717) is 12.0 Å². The molecule has 2 N–H and O–H groups in total. The molecule has 0 aliphatic heterocycles. The molecule has 2 bridgehead atoms. The minimum absolute atomic E-state index is 0.125. The minimum Gasteiger partial charge on any atom is -0.335 e. The minimum atomic E-state index is -0.125. The zero-order valence-electron chi connectivity index (χ0n) is 9.33. The van der Waals surface area contributed by atoms with Gasteiger partial charge < -0.3 is 10.6 Å². The molecule has 3 nitrogen and oxygen atoms in total. The highest BCUT2D eigenvalue weighted by Gasteiger charge is 2.41. The number of hydrogen-bond acceptors (Lipinski definition) is 1. The van der Waals surface area contributed by atoms with Crippen LogP contribution in [0.3, 0.4) is 0 Å². The van der Waals surface area contributed by atoms with E-state index in [2.05, 4.69) is 24.1 Å². The van der Waals surface area contributed by atoms with Gasteiger partial charge in [-0.25, -0.2) is 4.79 Å². The van der Waals surface area contributed by atoms with Gasteiger partial charge in [-0.1, -0.05) is 13.0 Å². The first-order valence-electron chi connectivity index (χ1n) is 5.88. The van der Waals surface area contributed by atoms with Gasteiger partial charge in [0.05, 0.1) is 0 Å². The van der Waals surface area contributed by atoms with E-state index < -0.39 is 0 Å². The van der Waals surface area contributed by atoms with Crippen LogP contribution in [0, 0.1) is 17.8 Å². The standard InChI is InChI=1S/C12H20N2O/c1-3-13-12(15)14-8(2)11-7-9-4-5-10(11)6-9/h3,8-11H,1,4-7H2,2H3,(H2,13,14,15). The Bertz CT molecular complexity index is 264. The molecule has 2 aliphatic carbocycles. The van der Waals surface area contributed by atoms with Crippen molar-refractivity contribution >= 4 is 6.03 Å². The van der Waals surface area contributed by atoms with Crippen molar-refractivity contribution in [3.8, 4) is 0 Å². The van der Waals surface area contributed by atoms with E-state index in [4.69, 9.17) is 0 Å². The van der Waals surface area contributed by atoms with Gasteiger partial charge in [0, 0.05) is 6.04 Å². The van der Waals surface area contributed by atoms with Crippen LogP contribution in [0.1, 0.15) is 32.6 Å². The fourth-order valence-electron chi connectivity index (χ4n) is 3.35. The summed E-state index contributed by atoms with van der Waals surface area (Å²) >= 11 is 0. The molecule has 4 unspecified atom stereocenters. The molecular weight excluding hydrogens is 188 g/mol. The third-order valence-corrected chi connectivity index (χ3v) is 4.03. The lowest BCUT2D eigenvalue weighted by molar-refractivity contribution is 0.223. The van der Waals surface area contributed by atoms with E-state index in [-0.39, 0.29) is 6.03 Å². The van der Waals surface area contributed by atoms with Crippen molar-refractivity contribution in [2.24, 2.45) is 17.8 Å². The van der Waals surface area contributed by atoms with Gasteiger partial charge in [-0.2, -0.15) is 0 Å². The van der Waals surface area contributed by atoms with Crippen molar-refractivity contribution in [1.29, 1.82) is 0 Å². The lowest BCUT2D eigenvalue weighted by atomic mass is 9.84. The second kappa shape index (κ2) is 4.25. The molecule has 0 spiro atoms. The summed E-state index contributed by atoms with van der Waals surface area (Å²) < 4.78 is 0. The molecule has 0 saturated heterocycles. The molecule has 4 atom stereocenters. The Morgan fingerprint density at radius 3 is 2.80 bits per heavy atom. The SMILES string of the molecule is C=CNC(=O)NC(C)C1CC2CCC1C2. The number of fused-ring (bicyclic) bond motifs is 2. The van der Waals surface area contributed by atoms with Crippen molar-refractivity contribution in [3.05, 3.63) is 12.8 Å². The first-order chi connectivity index (χ1) is 7.20. The van der Waals surface area contributed by atoms with Crippen molar-refractivity contribution in [2.75, 3.05) is 0 Å². The molecule has 0 heterocycles. The molecule has 0 radical (unpaired) electrons. The molecule has 0 aromatic rings. The Labute approximate surface area is 91.3 Å². The van der Waals surface area contributed by atoms with Crippen molar-refractivity contribution < 1.29 is 4.79 Å². The first kappa shape index (κ1) is 10.5. The molecule has 84 valence electrons. The second-order valence-electron chi connectivity index (χ2n) is 4.95. The summed E-state index contributed by atoms with van der Waals surface area (Å²) in [4.78, 5) is 11.3. The molecule has 3 heteroatoms. The van der Waals surface area contributed by atoms with Crippen LogP contribution >= 0.6 is 0 Å². The van der Waals surface area contributed by atoms with Gasteiger partial charge >= 0.3 is 6.03 Å². The Kier molecular flexibility index (Phi) is 2.98. The van der Waals surface area contributed by atoms with Crippen LogP contribution in [-0.4, -0.2) is 12.1 Å². The summed E-state index contributed by atoms with van der Waals surface area (Å²) in [5.74, 6) is 2.49. The largest absolute Gasteiger partial charge is 0.335 e. The number of carbonyl (C=O) groups excluding carboxylic acids is 1. The van der Waals surface area contributed by atoms with Crippen molar-refractivity contribution in [1.82, 2.24) is 10.6 Å². The lowest BCUT2D eigenvalue weighted by Gasteiger charge is -2.28. The predicted octanol–water partition coefficient (Wildman–Crippen LogP) is 2.25. The number of urea groups is 1. The number of amides is 2. The maximum absolute atomic E-state index is 11.3. The molecule has 2 saturated carbocycles. The van der Waals surface area contributed by atoms with Crippen molar-refractivity contribution in [3.63, 3.8) is 0 Å². The van der Waals surface area contributed by atoms with Crippen LogP contribution in [0.4, 0.5) is 4.79 Å². The van der Waals surface area contributed by atoms with Gasteiger partial charge in [0.1, 0.15) is 0 Å². The Morgan fingerprint density at radius 2 is 2.27 bits per heavy atom. The highest BCUT2D eigenvalue weighted by molar-refractivity contribution is 5.75. The molecular formula is C12H20N2O. The lowest BCUT2D eigenvalue weighted by Crippen LogP contribution is -2.43. The van der Waals surface area contributed by atoms with Gasteiger partial charge in [-0.15, -0.1) is 0 Å². The Balaban J connectivity index is 1.83. The quantitative estimate of drug-likeness (QED) is 0.734. The summed E-state index contributed by atoms with van der Waals surface area (Å²) in [5, 5.41) is 5.54. The van der Waals surface area contributed by atoms with Crippen LogP contribution in [0.15, 0.2) is 12.8 Å². The van der Waals surface area contributed by atoms with Gasteiger partial charge in [0.15, 0.2) is 0 Å². The second-order valence-corrected chi connectivity index (χ2v) is 4.95. The van der Waals surface area contributed by atoms with Crippen LogP contribution < -0.4 is 10.6 Å². The topological polar surface area (TPSA) is 41.1 Å². The highest BCUT2D eigenvalue weighted by Crippen LogP contribution is 2.49. The van der Waals surface area contributed by atoms with Crippen LogP contribution in [0.5, 0.6) is 0 Å². The molecule has 0 aromatic carbocycles. The average Bonchev–Trinajstić information content (AvgIpc) is 2.78. The molecule has 0 aromatic heterocycles. The highest BCUT2D eigenvalue weighted by atomic mass is 16.2. The number of nitrogens with one attached hydrogen (secondary N) is 2. The number of carbonyl (C=O) groups is 1. The van der Waals surface area contributed by atoms with Crippen molar-refractivity contribution in [2.45, 2.75) is 38.6 Å². The van der Waals surface area contributed by atoms with Gasteiger partial charge in [0.2, 0.25) is 0 Å². The smallest absolute Gasteiger partial charge is 0.318 e. The van der Waals surface area contributed by atoms with E-state index >= 15 is 0 Å². The Hall–Kier alpha value is -0.990. The third-order valence-electron chi connectivity index (χ3n) is 4.03. The van der Waals surface area contributed by atoms with Crippen LogP contribution in [-0.2, 0) is 0 Å². The Morgan fingerprint density at radius 1 is 1.47 bits per heavy atom. The molecule has 2 fully saturated rings. The zero-order chi connectivity index (χ0) is 10.8. The van der Waals surface area contributed by atoms with E-state index in [1.165, 1.54) is 31.9 Å². The van der Waals surface area contributed by atoms with Gasteiger partial charge in [-0.3, -0.25) is 0 Å². The van der Waals surface area contributed by atoms with Gasteiger partial charge in [-0.05, 0) is 50.1 Å². The molecule has 2 rings (SSSR count). The molecule has 2 aliphatic rings. The van der Waals surface area contributed by atoms with E-state index in [1.807, 2.05) is 0 Å². The predicted molar refractivity (Wildman–Crippen MR) is 60.3 cm³/mol. The van der Waals surface area contributed by atoms with Gasteiger partial charge in [0.25, 0.3) is 0 Å². The normalized spacial score (nSPS) is 34.9. The maximum Gasteiger partial charge on any atom is 0.318 e. The summed E-state index contributed by atoms with van der Waals surface area (Å²) in [6.07, 6.45) is 6.89. The fourth-order valence-corrected chi connectivity index (χ4v) is 3.35. The summed E-state index contributed by atoms with van der Waals surface area (Å²) in [7, 11) is 0. The van der Waals surface area contributed by atoms with Crippen LogP contribution in [0.2, 0.25) is 0 Å². The van der Waals surface area contributed by atoms with Crippen LogP contribution in [0.25, 0.3) is 0 Å². The zero-order valence-corrected chi connectivity index (χ0v) is 9.33. The van der Waals surface area contributed by atoms with E-state index in [0.717, 1.165) is 11.8 Å². The molecule has 15 heavy (non-hydrogen) atoms. The number of hydrogen-bond donors (Lipinski definition) is 2. The first-order valence-corrected chi connectivity index (χ1v) is 5.88. The summed E-state index contributed by atoms with van der Waals surface area (Å²) in [6.45, 7) is 5.59.